The van der Waals surface area contributed by atoms with Gasteiger partial charge in [0, 0.05) is 30.2 Å². The molecule has 0 rings (SSSR count). The Balaban J connectivity index is 7.08. The number of hydrogen-bond acceptors (Lipinski definition) is 0. The SMILES string of the molecule is [2H]C(C)C([2H])([2H])C([2H])([2H])C([2H])([2H])C([2H])([2H])C([2H])([2H])C([2H])([2H])C([2H])([2H])C([2H])([2H])C([2H])([2H])C([2H])([2H])[2H]. The van der Waals surface area contributed by atoms with Crippen LogP contribution in [0.1, 0.15) is 108 Å². The van der Waals surface area contributed by atoms with Gasteiger partial charge in [0.1, 0.15) is 0 Å². The van der Waals surface area contributed by atoms with Crippen LogP contribution in [0.25, 0.3) is 0 Å². The molecule has 0 saturated carbocycles. The molecule has 74 valence electrons. The van der Waals surface area contributed by atoms with Gasteiger partial charge in [0.2, 0.25) is 0 Å². The first kappa shape index (κ1) is 1.33. The van der Waals surface area contributed by atoms with Crippen molar-refractivity contribution in [2.24, 2.45) is 0 Å². The van der Waals surface area contributed by atoms with Crippen LogP contribution in [0.2, 0.25) is 0 Å². The maximum atomic E-state index is 7.95. The summed E-state index contributed by atoms with van der Waals surface area (Å²) in [4.78, 5) is 0. The van der Waals surface area contributed by atoms with Crippen molar-refractivity contribution in [1.82, 2.24) is 0 Å². The van der Waals surface area contributed by atoms with Gasteiger partial charge in [-0.3, -0.25) is 0 Å². The summed E-state index contributed by atoms with van der Waals surface area (Å²) in [7, 11) is 0. The molecule has 0 heterocycles. The van der Waals surface area contributed by atoms with Crippen LogP contribution >= 0.6 is 0 Å². The van der Waals surface area contributed by atoms with E-state index in [4.69, 9.17) is 30.2 Å². The average molecular weight is 192 g/mol. The van der Waals surface area contributed by atoms with E-state index in [1.54, 1.807) is 0 Å². The molecule has 1 unspecified atom stereocenters. The van der Waals surface area contributed by atoms with Gasteiger partial charge >= 0.3 is 0 Å². The fourth-order valence-electron chi connectivity index (χ4n) is 0.296. The van der Waals surface area contributed by atoms with Crippen molar-refractivity contribution >= 4 is 0 Å². The van der Waals surface area contributed by atoms with E-state index in [-0.39, 0.29) is 0 Å². The van der Waals surface area contributed by atoms with E-state index in [1.165, 1.54) is 0 Å². The van der Waals surface area contributed by atoms with Crippen molar-refractivity contribution in [3.63, 3.8) is 0 Å². The Morgan fingerprint density at radius 3 is 1.83 bits per heavy atom. The zero-order valence-corrected chi connectivity index (χ0v) is 6.58. The van der Waals surface area contributed by atoms with E-state index in [2.05, 4.69) is 0 Å². The average Bonchev–Trinajstić information content (AvgIpc) is 2.58. The summed E-state index contributed by atoms with van der Waals surface area (Å²) in [6.45, 7) is -3.11. The van der Waals surface area contributed by atoms with E-state index in [0.29, 0.717) is 0 Å². The van der Waals surface area contributed by atoms with Crippen LogP contribution < -0.4 is 0 Å². The van der Waals surface area contributed by atoms with Crippen LogP contribution in [0.4, 0.5) is 0 Å². The normalized spacial score (nSPS) is 52.1. The highest BCUT2D eigenvalue weighted by Crippen LogP contribution is 2.09. The van der Waals surface area contributed by atoms with Gasteiger partial charge in [0.25, 0.3) is 0 Å². The van der Waals surface area contributed by atoms with Crippen molar-refractivity contribution in [1.29, 1.82) is 0 Å². The summed E-state index contributed by atoms with van der Waals surface area (Å²) in [5.41, 5.74) is 0. The zero-order valence-electron chi connectivity index (χ0n) is 28.6. The summed E-state index contributed by atoms with van der Waals surface area (Å²) < 4.78 is 170. The number of hydrogen-bond donors (Lipinski definition) is 0. The Labute approximate surface area is 110 Å². The molecule has 0 amide bonds. The minimum Gasteiger partial charge on any atom is -0.0654 e. The van der Waals surface area contributed by atoms with Crippen molar-refractivity contribution in [2.45, 2.75) is 77.5 Å². The third-order valence-electron chi connectivity index (χ3n) is 0.654. The Bertz CT molecular complexity index is 737. The highest BCUT2D eigenvalue weighted by atomic mass is 14.0. The predicted molar refractivity (Wildman–Crippen MR) is 57.5 cm³/mol. The molecule has 0 fully saturated rings. The van der Waals surface area contributed by atoms with E-state index in [9.17, 15) is 0 Å². The molecule has 1 atom stereocenters. The van der Waals surface area contributed by atoms with Crippen molar-refractivity contribution in [2.75, 3.05) is 0 Å². The summed E-state index contributed by atoms with van der Waals surface area (Å²) >= 11 is 0. The molecule has 0 bridgehead atoms. The Morgan fingerprint density at radius 2 is 1.33 bits per heavy atom. The van der Waals surface area contributed by atoms with Gasteiger partial charge in [0.15, 0.2) is 0 Å². The van der Waals surface area contributed by atoms with Gasteiger partial charge < -0.3 is 0 Å². The fraction of sp³-hybridized carbons (Fsp3) is 1.00. The second-order valence-electron chi connectivity index (χ2n) is 1.43. The van der Waals surface area contributed by atoms with E-state index in [1.807, 2.05) is 0 Å². The van der Waals surface area contributed by atoms with Gasteiger partial charge in [-0.15, -0.1) is 0 Å². The highest BCUT2D eigenvalue weighted by molar-refractivity contribution is 4.45. The topological polar surface area (TPSA) is 0 Å². The van der Waals surface area contributed by atoms with Gasteiger partial charge in [0.05, 0.1) is 0 Å². The molecule has 0 radical (unpaired) electrons. The minimum absolute atomic E-state index is 0.793. The largest absolute Gasteiger partial charge is 0.0654 e. The van der Waals surface area contributed by atoms with Crippen LogP contribution in [0.5, 0.6) is 0 Å². The first-order valence-corrected chi connectivity index (χ1v) is 3.12. The fourth-order valence-corrected chi connectivity index (χ4v) is 0.296. The Kier molecular flexibility index (Phi) is 1.22. The van der Waals surface area contributed by atoms with Gasteiger partial charge in [-0.1, -0.05) is 77.5 Å². The molecule has 0 aromatic carbocycles. The van der Waals surface area contributed by atoms with Crippen LogP contribution in [-0.2, 0) is 0 Å². The molecule has 12 heavy (non-hydrogen) atoms. The minimum atomic E-state index is -4.58. The van der Waals surface area contributed by atoms with Crippen molar-refractivity contribution in [3.8, 4) is 0 Å². The van der Waals surface area contributed by atoms with Crippen LogP contribution in [0, 0.1) is 0 Å². The quantitative estimate of drug-likeness (QED) is 0.486. The maximum Gasteiger partial charge on any atom is 0.0267 e. The summed E-state index contributed by atoms with van der Waals surface area (Å²) in [5, 5.41) is 0. The summed E-state index contributed by atoms with van der Waals surface area (Å²) in [6.07, 6.45) is -40.6. The standard InChI is InChI=1S/C12H26/c1-3-5-7-9-11-12-10-8-6-4-2/h3-12H2,1-2H3/i1D3,3D2,4D,5D2,6D2,7D2,8D2,9D2,10D2,11D2,12D2. The van der Waals surface area contributed by atoms with Crippen molar-refractivity contribution < 1.29 is 30.2 Å². The molecule has 0 N–H and O–H groups in total. The first-order chi connectivity index (χ1) is 14.2. The third-order valence-corrected chi connectivity index (χ3v) is 0.654. The third kappa shape index (κ3) is 10.0. The second kappa shape index (κ2) is 11.0. The molecule has 0 aliphatic heterocycles. The predicted octanol–water partition coefficient (Wildman–Crippen LogP) is 4.93. The van der Waals surface area contributed by atoms with Gasteiger partial charge in [-0.25, -0.2) is 0 Å². The Morgan fingerprint density at radius 1 is 0.833 bits per heavy atom. The molecule has 0 aliphatic carbocycles. The smallest absolute Gasteiger partial charge is 0.0267 e. The van der Waals surface area contributed by atoms with E-state index in [0.717, 1.165) is 6.92 Å². The molecular weight excluding hydrogens is 144 g/mol. The van der Waals surface area contributed by atoms with E-state index < -0.39 is 70.6 Å². The molecule has 0 spiro atoms. The molecule has 0 heteroatoms. The first-order valence-electron chi connectivity index (χ1n) is 14.2. The lowest BCUT2D eigenvalue weighted by Gasteiger charge is -1.99. The van der Waals surface area contributed by atoms with Crippen LogP contribution in [0.15, 0.2) is 0 Å². The van der Waals surface area contributed by atoms with Gasteiger partial charge in [-0.05, 0) is 0 Å². The number of rotatable bonds is 9. The molecule has 0 aliphatic rings. The maximum absolute atomic E-state index is 7.95. The van der Waals surface area contributed by atoms with Crippen LogP contribution in [0.3, 0.4) is 0 Å². The zero-order chi connectivity index (χ0) is 28.6. The van der Waals surface area contributed by atoms with E-state index >= 15 is 0 Å². The van der Waals surface area contributed by atoms with Crippen LogP contribution in [-0.4, -0.2) is 0 Å². The second-order valence-corrected chi connectivity index (χ2v) is 1.43. The molecule has 0 saturated heterocycles. The summed E-state index contributed by atoms with van der Waals surface area (Å²) in [6, 6.07) is 0. The monoisotopic (exact) mass is 192 g/mol. The Hall–Kier alpha value is 0. The molecule has 0 aromatic rings. The highest BCUT2D eigenvalue weighted by Gasteiger charge is 1.90. The lowest BCUT2D eigenvalue weighted by molar-refractivity contribution is 0.562. The summed E-state index contributed by atoms with van der Waals surface area (Å²) in [5.74, 6) is 0. The van der Waals surface area contributed by atoms with Crippen molar-refractivity contribution in [3.05, 3.63) is 0 Å². The van der Waals surface area contributed by atoms with Gasteiger partial charge in [-0.2, -0.15) is 0 Å². The lowest BCUT2D eigenvalue weighted by atomic mass is 10.1. The lowest BCUT2D eigenvalue weighted by Crippen LogP contribution is -1.80. The molecule has 0 aromatic heterocycles. The molecular formula is C12H26. The molecule has 0 nitrogen and oxygen atoms in total.